The molecule has 2 aromatic carbocycles. The fraction of sp³-hybridized carbons (Fsp3) is 0.391. The van der Waals surface area contributed by atoms with Crippen molar-refractivity contribution in [1.82, 2.24) is 5.32 Å². The van der Waals surface area contributed by atoms with Crippen LogP contribution in [0.2, 0.25) is 0 Å². The third-order valence-electron chi connectivity index (χ3n) is 4.87. The number of rotatable bonds is 7. The second kappa shape index (κ2) is 8.91. The molecule has 0 radical (unpaired) electrons. The second-order valence-corrected chi connectivity index (χ2v) is 7.68. The fourth-order valence-corrected chi connectivity index (χ4v) is 3.42. The van der Waals surface area contributed by atoms with Gasteiger partial charge in [0.1, 0.15) is 5.75 Å². The maximum absolute atomic E-state index is 12.4. The van der Waals surface area contributed by atoms with E-state index >= 15 is 0 Å². The molecule has 3 rings (SSSR count). The van der Waals surface area contributed by atoms with Gasteiger partial charge >= 0.3 is 0 Å². The SMILES string of the molecule is CC(C)Cc1ccc([C@@H](C)NC(=O)CCN2C(=O)COc3ccccc32)cc1. The predicted octanol–water partition coefficient (Wildman–Crippen LogP) is 3.88. The van der Waals surface area contributed by atoms with Gasteiger partial charge in [-0.3, -0.25) is 9.59 Å². The number of para-hydroxylation sites is 2. The zero-order chi connectivity index (χ0) is 20.1. The van der Waals surface area contributed by atoms with E-state index < -0.39 is 0 Å². The van der Waals surface area contributed by atoms with E-state index in [2.05, 4.69) is 43.4 Å². The third-order valence-corrected chi connectivity index (χ3v) is 4.87. The van der Waals surface area contributed by atoms with Gasteiger partial charge in [0.2, 0.25) is 5.91 Å². The van der Waals surface area contributed by atoms with Gasteiger partial charge < -0.3 is 15.0 Å². The number of hydrogen-bond donors (Lipinski definition) is 1. The highest BCUT2D eigenvalue weighted by molar-refractivity contribution is 5.98. The number of amides is 2. The summed E-state index contributed by atoms with van der Waals surface area (Å²) < 4.78 is 5.44. The van der Waals surface area contributed by atoms with E-state index in [-0.39, 0.29) is 30.9 Å². The molecular weight excluding hydrogens is 352 g/mol. The average Bonchev–Trinajstić information content (AvgIpc) is 2.67. The molecule has 0 spiro atoms. The molecule has 1 aliphatic rings. The van der Waals surface area contributed by atoms with Gasteiger partial charge in [0.15, 0.2) is 6.61 Å². The van der Waals surface area contributed by atoms with Crippen LogP contribution in [-0.4, -0.2) is 25.0 Å². The number of anilines is 1. The lowest BCUT2D eigenvalue weighted by Crippen LogP contribution is -2.41. The van der Waals surface area contributed by atoms with Crippen molar-refractivity contribution < 1.29 is 14.3 Å². The molecule has 1 atom stereocenters. The van der Waals surface area contributed by atoms with Gasteiger partial charge in [-0.05, 0) is 42.5 Å². The Labute approximate surface area is 166 Å². The Morgan fingerprint density at radius 2 is 1.82 bits per heavy atom. The molecular formula is C23H28N2O3. The Morgan fingerprint density at radius 3 is 2.54 bits per heavy atom. The van der Waals surface area contributed by atoms with Crippen LogP contribution in [0.5, 0.6) is 5.75 Å². The minimum atomic E-state index is -0.125. The lowest BCUT2D eigenvalue weighted by atomic mass is 10.00. The van der Waals surface area contributed by atoms with Crippen LogP contribution in [0.15, 0.2) is 48.5 Å². The van der Waals surface area contributed by atoms with Crippen LogP contribution in [0, 0.1) is 5.92 Å². The molecule has 148 valence electrons. The molecule has 0 bridgehead atoms. The van der Waals surface area contributed by atoms with E-state index in [0.29, 0.717) is 18.2 Å². The van der Waals surface area contributed by atoms with Crippen LogP contribution in [-0.2, 0) is 16.0 Å². The standard InChI is InChI=1S/C23H28N2O3/c1-16(2)14-18-8-10-19(11-9-18)17(3)24-22(26)12-13-25-20-6-4-5-7-21(20)28-15-23(25)27/h4-11,16-17H,12-15H2,1-3H3,(H,24,26)/t17-/m1/s1. The largest absolute Gasteiger partial charge is 0.482 e. The van der Waals surface area contributed by atoms with Crippen LogP contribution in [0.4, 0.5) is 5.69 Å². The lowest BCUT2D eigenvalue weighted by molar-refractivity contribution is -0.122. The number of carbonyl (C=O) groups is 2. The summed E-state index contributed by atoms with van der Waals surface area (Å²) in [5.74, 6) is 1.10. The first-order chi connectivity index (χ1) is 13.4. The van der Waals surface area contributed by atoms with Gasteiger partial charge in [-0.1, -0.05) is 50.2 Å². The predicted molar refractivity (Wildman–Crippen MR) is 110 cm³/mol. The second-order valence-electron chi connectivity index (χ2n) is 7.68. The van der Waals surface area contributed by atoms with Gasteiger partial charge in [-0.25, -0.2) is 0 Å². The van der Waals surface area contributed by atoms with E-state index in [9.17, 15) is 9.59 Å². The summed E-state index contributed by atoms with van der Waals surface area (Å²) >= 11 is 0. The molecule has 1 heterocycles. The van der Waals surface area contributed by atoms with E-state index in [0.717, 1.165) is 17.7 Å². The van der Waals surface area contributed by atoms with E-state index in [1.807, 2.05) is 31.2 Å². The smallest absolute Gasteiger partial charge is 0.265 e. The van der Waals surface area contributed by atoms with Crippen molar-refractivity contribution in [3.8, 4) is 5.75 Å². The number of hydrogen-bond acceptors (Lipinski definition) is 3. The topological polar surface area (TPSA) is 58.6 Å². The summed E-state index contributed by atoms with van der Waals surface area (Å²) in [5.41, 5.74) is 3.11. The molecule has 0 aromatic heterocycles. The molecule has 0 fully saturated rings. The van der Waals surface area contributed by atoms with Crippen molar-refractivity contribution >= 4 is 17.5 Å². The normalized spacial score (nSPS) is 14.4. The molecule has 2 aromatic rings. The molecule has 0 saturated heterocycles. The number of nitrogens with one attached hydrogen (secondary N) is 1. The summed E-state index contributed by atoms with van der Waals surface area (Å²) in [6, 6.07) is 15.7. The third kappa shape index (κ3) is 4.91. The number of fused-ring (bicyclic) bond motifs is 1. The molecule has 0 unspecified atom stereocenters. The zero-order valence-electron chi connectivity index (χ0n) is 16.8. The quantitative estimate of drug-likeness (QED) is 0.793. The van der Waals surface area contributed by atoms with Crippen molar-refractivity contribution in [2.24, 2.45) is 5.92 Å². The molecule has 1 N–H and O–H groups in total. The highest BCUT2D eigenvalue weighted by Crippen LogP contribution is 2.31. The number of carbonyl (C=O) groups excluding carboxylic acids is 2. The fourth-order valence-electron chi connectivity index (χ4n) is 3.42. The Bertz CT molecular complexity index is 830. The van der Waals surface area contributed by atoms with Crippen molar-refractivity contribution in [2.45, 2.75) is 39.7 Å². The van der Waals surface area contributed by atoms with Crippen LogP contribution < -0.4 is 15.0 Å². The molecule has 2 amide bonds. The minimum absolute atomic E-state index is 0.0117. The van der Waals surface area contributed by atoms with Crippen molar-refractivity contribution in [1.29, 1.82) is 0 Å². The maximum Gasteiger partial charge on any atom is 0.265 e. The monoisotopic (exact) mass is 380 g/mol. The zero-order valence-corrected chi connectivity index (χ0v) is 16.8. The van der Waals surface area contributed by atoms with E-state index in [4.69, 9.17) is 4.74 Å². The van der Waals surface area contributed by atoms with E-state index in [1.54, 1.807) is 4.90 Å². The van der Waals surface area contributed by atoms with Gasteiger partial charge in [0.05, 0.1) is 11.7 Å². The summed E-state index contributed by atoms with van der Waals surface area (Å²) in [4.78, 5) is 26.2. The summed E-state index contributed by atoms with van der Waals surface area (Å²) in [5, 5.41) is 3.03. The lowest BCUT2D eigenvalue weighted by Gasteiger charge is -2.29. The molecule has 0 saturated carbocycles. The molecule has 1 aliphatic heterocycles. The van der Waals surface area contributed by atoms with Crippen molar-refractivity contribution in [3.63, 3.8) is 0 Å². The molecule has 0 aliphatic carbocycles. The Hall–Kier alpha value is -2.82. The minimum Gasteiger partial charge on any atom is -0.482 e. The van der Waals surface area contributed by atoms with Crippen molar-refractivity contribution in [3.05, 3.63) is 59.7 Å². The summed E-state index contributed by atoms with van der Waals surface area (Å²) in [6.07, 6.45) is 1.30. The van der Waals surface area contributed by atoms with Gasteiger partial charge in [-0.2, -0.15) is 0 Å². The summed E-state index contributed by atoms with van der Waals surface area (Å²) in [6.45, 7) is 6.73. The Morgan fingerprint density at radius 1 is 1.11 bits per heavy atom. The number of ether oxygens (including phenoxy) is 1. The Balaban J connectivity index is 1.55. The summed E-state index contributed by atoms with van der Waals surface area (Å²) in [7, 11) is 0. The average molecular weight is 380 g/mol. The first-order valence-electron chi connectivity index (χ1n) is 9.84. The molecule has 28 heavy (non-hydrogen) atoms. The number of benzene rings is 2. The van der Waals surface area contributed by atoms with Gasteiger partial charge in [-0.15, -0.1) is 0 Å². The first-order valence-corrected chi connectivity index (χ1v) is 9.84. The number of nitrogens with zero attached hydrogens (tertiary/aromatic N) is 1. The molecule has 5 heteroatoms. The van der Waals surface area contributed by atoms with Gasteiger partial charge in [0, 0.05) is 13.0 Å². The van der Waals surface area contributed by atoms with Crippen LogP contribution in [0.3, 0.4) is 0 Å². The van der Waals surface area contributed by atoms with Gasteiger partial charge in [0.25, 0.3) is 5.91 Å². The van der Waals surface area contributed by atoms with Crippen molar-refractivity contribution in [2.75, 3.05) is 18.1 Å². The molecule has 5 nitrogen and oxygen atoms in total. The highest BCUT2D eigenvalue weighted by Gasteiger charge is 2.25. The van der Waals surface area contributed by atoms with Crippen LogP contribution >= 0.6 is 0 Å². The highest BCUT2D eigenvalue weighted by atomic mass is 16.5. The van der Waals surface area contributed by atoms with Crippen LogP contribution in [0.1, 0.15) is 44.4 Å². The first kappa shape index (κ1) is 19.9. The van der Waals surface area contributed by atoms with Crippen LogP contribution in [0.25, 0.3) is 0 Å². The van der Waals surface area contributed by atoms with E-state index in [1.165, 1.54) is 5.56 Å². The Kier molecular flexibility index (Phi) is 6.34. The maximum atomic E-state index is 12.4.